The zero-order valence-corrected chi connectivity index (χ0v) is 13.8. The van der Waals surface area contributed by atoms with E-state index in [-0.39, 0.29) is 5.75 Å². The highest BCUT2D eigenvalue weighted by Crippen LogP contribution is 2.20. The minimum Gasteiger partial charge on any atom is -0.356 e. The summed E-state index contributed by atoms with van der Waals surface area (Å²) in [4.78, 5) is 0. The van der Waals surface area contributed by atoms with Gasteiger partial charge in [0.25, 0.3) is 0 Å². The Hall–Kier alpha value is -2.01. The number of hydrogen-bond acceptors (Lipinski definition) is 3. The average molecular weight is 318 g/mol. The van der Waals surface area contributed by atoms with Crippen LogP contribution in [0.1, 0.15) is 25.3 Å². The van der Waals surface area contributed by atoms with E-state index in [1.165, 1.54) is 5.56 Å². The predicted molar refractivity (Wildman–Crippen MR) is 93.2 cm³/mol. The molecule has 0 aliphatic rings. The molecule has 0 aromatic heterocycles. The van der Waals surface area contributed by atoms with Gasteiger partial charge in [0.05, 0.1) is 5.75 Å². The number of aryl methyl sites for hydroxylation is 1. The van der Waals surface area contributed by atoms with Gasteiger partial charge in [-0.2, -0.15) is 0 Å². The first-order valence-electron chi connectivity index (χ1n) is 7.43. The normalized spacial score (nSPS) is 11.2. The van der Waals surface area contributed by atoms with Crippen LogP contribution in [-0.4, -0.2) is 14.2 Å². The second-order valence-corrected chi connectivity index (χ2v) is 7.18. The van der Waals surface area contributed by atoms with Crippen molar-refractivity contribution in [2.75, 3.05) is 15.8 Å². The molecule has 2 aromatic carbocycles. The quantitative estimate of drug-likeness (QED) is 0.801. The highest BCUT2D eigenvalue weighted by Gasteiger charge is 2.09. The molecule has 0 fully saturated rings. The topological polar surface area (TPSA) is 58.2 Å². The van der Waals surface area contributed by atoms with Crippen molar-refractivity contribution in [3.63, 3.8) is 0 Å². The standard InChI is InChI=1S/C17H22N2O2S/c1-3-4-13-22(20,21)19-17-11-9-16(10-12-17)18-15-7-5-14(2)6-8-15/h5-12,18-19H,3-4,13H2,1-2H3. The molecule has 0 radical (unpaired) electrons. The third-order valence-corrected chi connectivity index (χ3v) is 4.64. The number of benzene rings is 2. The predicted octanol–water partition coefficient (Wildman–Crippen LogP) is 4.28. The third kappa shape index (κ3) is 5.07. The number of hydrogen-bond donors (Lipinski definition) is 2. The lowest BCUT2D eigenvalue weighted by atomic mass is 10.2. The van der Waals surface area contributed by atoms with E-state index in [1.54, 1.807) is 12.1 Å². The molecule has 2 rings (SSSR count). The van der Waals surface area contributed by atoms with Crippen LogP contribution in [-0.2, 0) is 10.0 Å². The van der Waals surface area contributed by atoms with E-state index in [2.05, 4.69) is 10.0 Å². The Labute approximate surface area is 132 Å². The van der Waals surface area contributed by atoms with Crippen LogP contribution in [0.4, 0.5) is 17.1 Å². The lowest BCUT2D eigenvalue weighted by Crippen LogP contribution is -2.16. The van der Waals surface area contributed by atoms with E-state index in [0.717, 1.165) is 17.8 Å². The average Bonchev–Trinajstić information content (AvgIpc) is 2.49. The van der Waals surface area contributed by atoms with Crippen LogP contribution in [0.25, 0.3) is 0 Å². The summed E-state index contributed by atoms with van der Waals surface area (Å²) in [6, 6.07) is 15.3. The molecule has 2 N–H and O–H groups in total. The van der Waals surface area contributed by atoms with Gasteiger partial charge < -0.3 is 5.32 Å². The summed E-state index contributed by atoms with van der Waals surface area (Å²) in [5.74, 6) is 0.160. The fourth-order valence-corrected chi connectivity index (χ4v) is 3.26. The van der Waals surface area contributed by atoms with Crippen LogP contribution < -0.4 is 10.0 Å². The summed E-state index contributed by atoms with van der Waals surface area (Å²) in [5, 5.41) is 3.28. The molecule has 0 saturated carbocycles. The van der Waals surface area contributed by atoms with E-state index < -0.39 is 10.0 Å². The molecule has 0 spiro atoms. The Kier molecular flexibility index (Phi) is 5.44. The van der Waals surface area contributed by atoms with Crippen LogP contribution in [0, 0.1) is 6.92 Å². The van der Waals surface area contributed by atoms with E-state index in [9.17, 15) is 8.42 Å². The Morgan fingerprint density at radius 1 is 0.864 bits per heavy atom. The van der Waals surface area contributed by atoms with Crippen LogP contribution in [0.5, 0.6) is 0 Å². The molecule has 0 unspecified atom stereocenters. The summed E-state index contributed by atoms with van der Waals surface area (Å²) < 4.78 is 26.3. The number of unbranched alkanes of at least 4 members (excludes halogenated alkanes) is 1. The van der Waals surface area contributed by atoms with Crippen molar-refractivity contribution in [3.05, 3.63) is 54.1 Å². The zero-order chi connectivity index (χ0) is 16.0. The molecule has 118 valence electrons. The molecule has 2 aromatic rings. The van der Waals surface area contributed by atoms with Gasteiger partial charge in [0.15, 0.2) is 0 Å². The Morgan fingerprint density at radius 2 is 1.36 bits per heavy atom. The van der Waals surface area contributed by atoms with E-state index in [4.69, 9.17) is 0 Å². The van der Waals surface area contributed by atoms with E-state index in [0.29, 0.717) is 12.1 Å². The molecule has 0 bridgehead atoms. The number of nitrogens with one attached hydrogen (secondary N) is 2. The second-order valence-electron chi connectivity index (χ2n) is 5.34. The highest BCUT2D eigenvalue weighted by atomic mass is 32.2. The molecule has 0 saturated heterocycles. The molecular formula is C17H22N2O2S. The first-order valence-corrected chi connectivity index (χ1v) is 9.08. The number of anilines is 3. The Bertz CT molecular complexity index is 692. The molecule has 0 heterocycles. The van der Waals surface area contributed by atoms with Gasteiger partial charge in [-0.1, -0.05) is 31.0 Å². The van der Waals surface area contributed by atoms with Crippen molar-refractivity contribution in [3.8, 4) is 0 Å². The zero-order valence-electron chi connectivity index (χ0n) is 13.0. The van der Waals surface area contributed by atoms with Gasteiger partial charge in [0.1, 0.15) is 0 Å². The number of rotatable bonds is 7. The van der Waals surface area contributed by atoms with Crippen molar-refractivity contribution in [2.45, 2.75) is 26.7 Å². The Morgan fingerprint density at radius 3 is 1.91 bits per heavy atom. The van der Waals surface area contributed by atoms with Gasteiger partial charge in [-0.05, 0) is 49.7 Å². The highest BCUT2D eigenvalue weighted by molar-refractivity contribution is 7.92. The maximum Gasteiger partial charge on any atom is 0.232 e. The molecule has 0 atom stereocenters. The summed E-state index contributed by atoms with van der Waals surface area (Å²) >= 11 is 0. The molecule has 4 nitrogen and oxygen atoms in total. The number of sulfonamides is 1. The van der Waals surface area contributed by atoms with Gasteiger partial charge in [0.2, 0.25) is 10.0 Å². The minimum absolute atomic E-state index is 0.160. The van der Waals surface area contributed by atoms with Crippen molar-refractivity contribution in [2.24, 2.45) is 0 Å². The molecule has 5 heteroatoms. The van der Waals surface area contributed by atoms with Crippen molar-refractivity contribution >= 4 is 27.1 Å². The monoisotopic (exact) mass is 318 g/mol. The van der Waals surface area contributed by atoms with Gasteiger partial charge in [-0.3, -0.25) is 4.72 Å². The maximum absolute atomic E-state index is 11.8. The van der Waals surface area contributed by atoms with Crippen molar-refractivity contribution in [1.82, 2.24) is 0 Å². The van der Waals surface area contributed by atoms with Gasteiger partial charge in [-0.25, -0.2) is 8.42 Å². The fourth-order valence-electron chi connectivity index (χ4n) is 1.99. The molecule has 0 aliphatic heterocycles. The summed E-state index contributed by atoms with van der Waals surface area (Å²) in [6.07, 6.45) is 1.53. The third-order valence-electron chi connectivity index (χ3n) is 3.27. The van der Waals surface area contributed by atoms with E-state index >= 15 is 0 Å². The summed E-state index contributed by atoms with van der Waals surface area (Å²) in [5.41, 5.74) is 3.72. The summed E-state index contributed by atoms with van der Waals surface area (Å²) in [6.45, 7) is 4.02. The SMILES string of the molecule is CCCCS(=O)(=O)Nc1ccc(Nc2ccc(C)cc2)cc1. The van der Waals surface area contributed by atoms with Crippen molar-refractivity contribution in [1.29, 1.82) is 0 Å². The lowest BCUT2D eigenvalue weighted by molar-refractivity contribution is 0.598. The maximum atomic E-state index is 11.8. The second kappa shape index (κ2) is 7.31. The van der Waals surface area contributed by atoms with Crippen LogP contribution in [0.3, 0.4) is 0 Å². The van der Waals surface area contributed by atoms with Gasteiger partial charge >= 0.3 is 0 Å². The van der Waals surface area contributed by atoms with Gasteiger partial charge in [-0.15, -0.1) is 0 Å². The van der Waals surface area contributed by atoms with Crippen LogP contribution in [0.2, 0.25) is 0 Å². The summed E-state index contributed by atoms with van der Waals surface area (Å²) in [7, 11) is -3.24. The first kappa shape index (κ1) is 16.4. The van der Waals surface area contributed by atoms with Crippen molar-refractivity contribution < 1.29 is 8.42 Å². The van der Waals surface area contributed by atoms with E-state index in [1.807, 2.05) is 50.2 Å². The molecular weight excluding hydrogens is 296 g/mol. The largest absolute Gasteiger partial charge is 0.356 e. The minimum atomic E-state index is -3.24. The Balaban J connectivity index is 1.99. The molecule has 22 heavy (non-hydrogen) atoms. The fraction of sp³-hybridized carbons (Fsp3) is 0.294. The van der Waals surface area contributed by atoms with Crippen LogP contribution >= 0.6 is 0 Å². The molecule has 0 aliphatic carbocycles. The van der Waals surface area contributed by atoms with Gasteiger partial charge in [0, 0.05) is 17.1 Å². The first-order chi connectivity index (χ1) is 10.5. The smallest absolute Gasteiger partial charge is 0.232 e. The molecule has 0 amide bonds. The van der Waals surface area contributed by atoms with Crippen LogP contribution in [0.15, 0.2) is 48.5 Å². The lowest BCUT2D eigenvalue weighted by Gasteiger charge is -2.10.